The molecule has 0 bridgehead atoms. The van der Waals surface area contributed by atoms with Gasteiger partial charge in [-0.25, -0.2) is 0 Å². The number of hydrogen-bond donors (Lipinski definition) is 0. The number of benzene rings is 1. The molecule has 0 aliphatic rings. The third-order valence-corrected chi connectivity index (χ3v) is 4.95. The fraction of sp³-hybridized carbons (Fsp3) is 0.444. The van der Waals surface area contributed by atoms with Gasteiger partial charge in [-0.05, 0) is 35.6 Å². The summed E-state index contributed by atoms with van der Waals surface area (Å²) in [7, 11) is 3.00. The Labute approximate surface area is 140 Å². The van der Waals surface area contributed by atoms with Crippen molar-refractivity contribution >= 4 is 33.2 Å². The Morgan fingerprint density at radius 2 is 1.96 bits per heavy atom. The van der Waals surface area contributed by atoms with Crippen LogP contribution in [0, 0.1) is 5.92 Å². The van der Waals surface area contributed by atoms with Crippen LogP contribution >= 0.6 is 11.3 Å². The predicted molar refractivity (Wildman–Crippen MR) is 92.5 cm³/mol. The van der Waals surface area contributed by atoms with Crippen LogP contribution in [-0.2, 0) is 16.0 Å². The summed E-state index contributed by atoms with van der Waals surface area (Å²) >= 11 is 1.47. The Balaban J connectivity index is 2.29. The van der Waals surface area contributed by atoms with Crippen LogP contribution in [0.15, 0.2) is 18.2 Å². The van der Waals surface area contributed by atoms with Gasteiger partial charge in [-0.2, -0.15) is 0 Å². The SMILES string of the molecule is CCCc1cc2sc(C(=O)C[C@H](C)C(=O)OC)cc2cc1OC. The Kier molecular flexibility index (Phi) is 5.77. The Morgan fingerprint density at radius 1 is 1.22 bits per heavy atom. The zero-order valence-electron chi connectivity index (χ0n) is 14.0. The van der Waals surface area contributed by atoms with E-state index in [1.807, 2.05) is 12.1 Å². The second-order valence-electron chi connectivity index (χ2n) is 5.61. The standard InChI is InChI=1S/C18H22O4S/c1-5-6-12-9-16-13(8-15(12)21-3)10-17(23-16)14(19)7-11(2)18(20)22-4/h8-11H,5-7H2,1-4H3/t11-/m0/s1. The predicted octanol–water partition coefficient (Wildman–Crippen LogP) is 4.24. The summed E-state index contributed by atoms with van der Waals surface area (Å²) in [6.45, 7) is 3.83. The molecule has 1 aromatic heterocycles. The molecule has 2 rings (SSSR count). The summed E-state index contributed by atoms with van der Waals surface area (Å²) in [5, 5.41) is 1.00. The molecule has 0 amide bonds. The van der Waals surface area contributed by atoms with E-state index in [1.165, 1.54) is 18.4 Å². The van der Waals surface area contributed by atoms with Crippen molar-refractivity contribution in [3.8, 4) is 5.75 Å². The summed E-state index contributed by atoms with van der Waals surface area (Å²) in [4.78, 5) is 24.5. The van der Waals surface area contributed by atoms with Crippen LogP contribution in [0.25, 0.3) is 10.1 Å². The van der Waals surface area contributed by atoms with E-state index >= 15 is 0 Å². The highest BCUT2D eigenvalue weighted by Crippen LogP contribution is 2.33. The third kappa shape index (κ3) is 3.91. The number of ether oxygens (including phenoxy) is 2. The number of carbonyl (C=O) groups is 2. The number of ketones is 1. The highest BCUT2D eigenvalue weighted by molar-refractivity contribution is 7.20. The molecule has 0 N–H and O–H groups in total. The highest BCUT2D eigenvalue weighted by atomic mass is 32.1. The van der Waals surface area contributed by atoms with Crippen molar-refractivity contribution in [1.82, 2.24) is 0 Å². The zero-order chi connectivity index (χ0) is 17.0. The molecule has 1 atom stereocenters. The van der Waals surface area contributed by atoms with E-state index < -0.39 is 5.92 Å². The first-order valence-electron chi connectivity index (χ1n) is 7.71. The van der Waals surface area contributed by atoms with E-state index in [-0.39, 0.29) is 18.2 Å². The number of esters is 1. The quantitative estimate of drug-likeness (QED) is 0.561. The van der Waals surface area contributed by atoms with Gasteiger partial charge in [0.2, 0.25) is 0 Å². The van der Waals surface area contributed by atoms with Crippen LogP contribution in [0.5, 0.6) is 5.75 Å². The largest absolute Gasteiger partial charge is 0.496 e. The number of methoxy groups -OCH3 is 2. The van der Waals surface area contributed by atoms with Crippen molar-refractivity contribution in [2.45, 2.75) is 33.1 Å². The molecule has 0 saturated carbocycles. The van der Waals surface area contributed by atoms with Gasteiger partial charge >= 0.3 is 5.97 Å². The second kappa shape index (κ2) is 7.59. The second-order valence-corrected chi connectivity index (χ2v) is 6.70. The molecule has 0 saturated heterocycles. The van der Waals surface area contributed by atoms with E-state index in [0.29, 0.717) is 4.88 Å². The average molecular weight is 334 g/mol. The monoisotopic (exact) mass is 334 g/mol. The topological polar surface area (TPSA) is 52.6 Å². The van der Waals surface area contributed by atoms with Crippen molar-refractivity contribution in [2.75, 3.05) is 14.2 Å². The number of thiophene rings is 1. The van der Waals surface area contributed by atoms with Crippen molar-refractivity contribution in [1.29, 1.82) is 0 Å². The first-order chi connectivity index (χ1) is 11.0. The summed E-state index contributed by atoms with van der Waals surface area (Å²) < 4.78 is 11.2. The summed E-state index contributed by atoms with van der Waals surface area (Å²) in [6, 6.07) is 5.96. The van der Waals surface area contributed by atoms with Gasteiger partial charge in [-0.15, -0.1) is 11.3 Å². The van der Waals surface area contributed by atoms with E-state index in [1.54, 1.807) is 14.0 Å². The fourth-order valence-corrected chi connectivity index (χ4v) is 3.62. The maximum absolute atomic E-state index is 12.4. The van der Waals surface area contributed by atoms with Crippen LogP contribution in [-0.4, -0.2) is 26.0 Å². The summed E-state index contributed by atoms with van der Waals surface area (Å²) in [5.41, 5.74) is 1.16. The van der Waals surface area contributed by atoms with Gasteiger partial charge in [0.1, 0.15) is 5.75 Å². The minimum absolute atomic E-state index is 0.0277. The Bertz CT molecular complexity index is 717. The van der Waals surface area contributed by atoms with Gasteiger partial charge in [0.15, 0.2) is 5.78 Å². The molecular weight excluding hydrogens is 312 g/mol. The Hall–Kier alpha value is -1.88. The maximum atomic E-state index is 12.4. The molecule has 0 radical (unpaired) electrons. The van der Waals surface area contributed by atoms with E-state index in [0.717, 1.165) is 34.2 Å². The van der Waals surface area contributed by atoms with Crippen molar-refractivity contribution in [3.05, 3.63) is 28.6 Å². The van der Waals surface area contributed by atoms with Crippen molar-refractivity contribution < 1.29 is 19.1 Å². The maximum Gasteiger partial charge on any atom is 0.308 e. The molecule has 124 valence electrons. The normalized spacial score (nSPS) is 12.2. The van der Waals surface area contributed by atoms with Crippen molar-refractivity contribution in [3.63, 3.8) is 0 Å². The van der Waals surface area contributed by atoms with Crippen molar-refractivity contribution in [2.24, 2.45) is 5.92 Å². The zero-order valence-corrected chi connectivity index (χ0v) is 14.8. The number of aryl methyl sites for hydroxylation is 1. The molecule has 0 fully saturated rings. The number of hydrogen-bond acceptors (Lipinski definition) is 5. The molecule has 0 spiro atoms. The van der Waals surface area contributed by atoms with Gasteiger partial charge in [0.05, 0.1) is 25.0 Å². The third-order valence-electron chi connectivity index (χ3n) is 3.81. The minimum atomic E-state index is -0.428. The fourth-order valence-electron chi connectivity index (χ4n) is 2.56. The lowest BCUT2D eigenvalue weighted by Gasteiger charge is -2.07. The van der Waals surface area contributed by atoms with E-state index in [4.69, 9.17) is 4.74 Å². The lowest BCUT2D eigenvalue weighted by Crippen LogP contribution is -2.16. The average Bonchev–Trinajstić information content (AvgIpc) is 2.96. The minimum Gasteiger partial charge on any atom is -0.496 e. The van der Waals surface area contributed by atoms with Crippen LogP contribution in [0.1, 0.15) is 41.9 Å². The Morgan fingerprint density at radius 3 is 2.57 bits per heavy atom. The molecule has 5 heteroatoms. The number of fused-ring (bicyclic) bond motifs is 1. The first-order valence-corrected chi connectivity index (χ1v) is 8.53. The first kappa shape index (κ1) is 17.5. The molecule has 0 aliphatic carbocycles. The molecule has 1 heterocycles. The van der Waals surface area contributed by atoms with E-state index in [2.05, 4.69) is 17.7 Å². The van der Waals surface area contributed by atoms with Crippen LogP contribution < -0.4 is 4.74 Å². The highest BCUT2D eigenvalue weighted by Gasteiger charge is 2.20. The molecule has 0 unspecified atom stereocenters. The molecular formula is C18H22O4S. The van der Waals surface area contributed by atoms with Gasteiger partial charge in [0.25, 0.3) is 0 Å². The van der Waals surface area contributed by atoms with Gasteiger partial charge < -0.3 is 9.47 Å². The molecule has 4 nitrogen and oxygen atoms in total. The molecule has 2 aromatic rings. The lowest BCUT2D eigenvalue weighted by atomic mass is 10.0. The smallest absolute Gasteiger partial charge is 0.308 e. The molecule has 1 aromatic carbocycles. The summed E-state index contributed by atoms with van der Waals surface area (Å²) in [5.74, 6) is 0.0495. The van der Waals surface area contributed by atoms with Crippen LogP contribution in [0.2, 0.25) is 0 Å². The van der Waals surface area contributed by atoms with Gasteiger partial charge in [-0.3, -0.25) is 9.59 Å². The molecule has 0 aliphatic heterocycles. The number of Topliss-reactive ketones (excluding diaryl/α,β-unsaturated/α-hetero) is 1. The number of rotatable bonds is 7. The molecule has 23 heavy (non-hydrogen) atoms. The lowest BCUT2D eigenvalue weighted by molar-refractivity contribution is -0.144. The van der Waals surface area contributed by atoms with Crippen LogP contribution in [0.3, 0.4) is 0 Å². The van der Waals surface area contributed by atoms with Gasteiger partial charge in [0, 0.05) is 11.1 Å². The number of carbonyl (C=O) groups excluding carboxylic acids is 2. The van der Waals surface area contributed by atoms with E-state index in [9.17, 15) is 9.59 Å². The summed E-state index contributed by atoms with van der Waals surface area (Å²) in [6.07, 6.45) is 2.15. The van der Waals surface area contributed by atoms with Crippen LogP contribution in [0.4, 0.5) is 0 Å². The van der Waals surface area contributed by atoms with Gasteiger partial charge in [-0.1, -0.05) is 20.3 Å².